The van der Waals surface area contributed by atoms with Gasteiger partial charge in [0.05, 0.1) is 0 Å². The fourth-order valence-corrected chi connectivity index (χ4v) is 3.46. The normalized spacial score (nSPS) is 27.3. The monoisotopic (exact) mass is 310 g/mol. The van der Waals surface area contributed by atoms with Crippen molar-refractivity contribution in [1.82, 2.24) is 10.2 Å². The van der Waals surface area contributed by atoms with Gasteiger partial charge in [-0.1, -0.05) is 31.5 Å². The van der Waals surface area contributed by atoms with Gasteiger partial charge in [0.1, 0.15) is 5.82 Å². The van der Waals surface area contributed by atoms with Gasteiger partial charge in [-0.2, -0.15) is 0 Å². The Balaban J connectivity index is 1.75. The van der Waals surface area contributed by atoms with E-state index in [9.17, 15) is 4.39 Å². The van der Waals surface area contributed by atoms with E-state index >= 15 is 0 Å². The quantitative estimate of drug-likeness (QED) is 0.912. The first-order valence-corrected chi connectivity index (χ1v) is 8.33. The molecule has 0 amide bonds. The summed E-state index contributed by atoms with van der Waals surface area (Å²) in [6.07, 6.45) is 2.64. The number of rotatable bonds is 4. The van der Waals surface area contributed by atoms with Crippen molar-refractivity contribution in [3.63, 3.8) is 0 Å². The summed E-state index contributed by atoms with van der Waals surface area (Å²) >= 11 is 5.85. The number of nitrogens with zero attached hydrogens (tertiary/aromatic N) is 1. The number of benzene rings is 1. The van der Waals surface area contributed by atoms with Crippen LogP contribution in [0.25, 0.3) is 0 Å². The van der Waals surface area contributed by atoms with Crippen LogP contribution in [0.5, 0.6) is 0 Å². The van der Waals surface area contributed by atoms with Crippen LogP contribution in [0.3, 0.4) is 0 Å². The lowest BCUT2D eigenvalue weighted by Gasteiger charge is -2.42. The van der Waals surface area contributed by atoms with Gasteiger partial charge in [0.25, 0.3) is 0 Å². The lowest BCUT2D eigenvalue weighted by atomic mass is 9.97. The lowest BCUT2D eigenvalue weighted by molar-refractivity contribution is 0.0915. The summed E-state index contributed by atoms with van der Waals surface area (Å²) in [4.78, 5) is 2.48. The van der Waals surface area contributed by atoms with Crippen LogP contribution in [0, 0.1) is 17.7 Å². The Bertz CT molecular complexity index is 502. The number of halogens is 2. The molecule has 0 spiro atoms. The second-order valence-corrected chi connectivity index (χ2v) is 7.27. The SMILES string of the molecule is CC(C)C1CN(Cc2ccc(Cl)cc2F)C(C2CC2)CN1. The van der Waals surface area contributed by atoms with Gasteiger partial charge < -0.3 is 5.32 Å². The second-order valence-electron chi connectivity index (χ2n) is 6.83. The van der Waals surface area contributed by atoms with Crippen LogP contribution in [-0.4, -0.2) is 30.1 Å². The molecule has 4 heteroatoms. The van der Waals surface area contributed by atoms with Crippen LogP contribution >= 0.6 is 11.6 Å². The summed E-state index contributed by atoms with van der Waals surface area (Å²) in [5.41, 5.74) is 0.759. The molecule has 2 fully saturated rings. The summed E-state index contributed by atoms with van der Waals surface area (Å²) in [7, 11) is 0. The van der Waals surface area contributed by atoms with Crippen LogP contribution < -0.4 is 5.32 Å². The molecule has 0 radical (unpaired) electrons. The molecule has 0 aromatic heterocycles. The standard InChI is InChI=1S/C17H24ClFN2/c1-11(2)16-10-21(17(8-20-16)12-3-4-12)9-13-5-6-14(18)7-15(13)19/h5-7,11-12,16-17,20H,3-4,8-10H2,1-2H3. The van der Waals surface area contributed by atoms with Crippen molar-refractivity contribution in [1.29, 1.82) is 0 Å². The smallest absolute Gasteiger partial charge is 0.129 e. The van der Waals surface area contributed by atoms with E-state index in [1.165, 1.54) is 18.9 Å². The average Bonchev–Trinajstić information content (AvgIpc) is 3.26. The Hall–Kier alpha value is -0.640. The zero-order valence-electron chi connectivity index (χ0n) is 12.8. The van der Waals surface area contributed by atoms with Crippen LogP contribution in [0.4, 0.5) is 4.39 Å². The molecule has 2 nitrogen and oxygen atoms in total. The molecule has 2 unspecified atom stereocenters. The average molecular weight is 311 g/mol. The first kappa shape index (κ1) is 15.3. The third-order valence-electron chi connectivity index (χ3n) is 4.85. The van der Waals surface area contributed by atoms with Gasteiger partial charge in [-0.15, -0.1) is 0 Å². The molecule has 2 atom stereocenters. The fraction of sp³-hybridized carbons (Fsp3) is 0.647. The molecule has 1 aliphatic heterocycles. The summed E-state index contributed by atoms with van der Waals surface area (Å²) in [5.74, 6) is 1.21. The predicted octanol–water partition coefficient (Wildman–Crippen LogP) is 3.69. The zero-order valence-corrected chi connectivity index (χ0v) is 13.5. The minimum atomic E-state index is -0.184. The molecule has 1 aromatic rings. The van der Waals surface area contributed by atoms with Crippen molar-refractivity contribution in [2.24, 2.45) is 11.8 Å². The van der Waals surface area contributed by atoms with Crippen LogP contribution in [0.1, 0.15) is 32.3 Å². The highest BCUT2D eigenvalue weighted by Gasteiger charge is 2.39. The molecule has 1 aliphatic carbocycles. The summed E-state index contributed by atoms with van der Waals surface area (Å²) in [5, 5.41) is 4.14. The number of hydrogen-bond acceptors (Lipinski definition) is 2. The van der Waals surface area contributed by atoms with Crippen molar-refractivity contribution in [3.05, 3.63) is 34.6 Å². The van der Waals surface area contributed by atoms with Gasteiger partial charge in [-0.25, -0.2) is 4.39 Å². The van der Waals surface area contributed by atoms with E-state index in [-0.39, 0.29) is 5.82 Å². The molecule has 2 aliphatic rings. The van der Waals surface area contributed by atoms with Crippen molar-refractivity contribution < 1.29 is 4.39 Å². The van der Waals surface area contributed by atoms with E-state index in [4.69, 9.17) is 11.6 Å². The van der Waals surface area contributed by atoms with E-state index in [0.29, 0.717) is 29.6 Å². The van der Waals surface area contributed by atoms with E-state index in [2.05, 4.69) is 24.1 Å². The fourth-order valence-electron chi connectivity index (χ4n) is 3.30. The molecular weight excluding hydrogens is 287 g/mol. The summed E-state index contributed by atoms with van der Waals surface area (Å²) < 4.78 is 14.1. The second kappa shape index (κ2) is 6.23. The Morgan fingerprint density at radius 3 is 2.76 bits per heavy atom. The summed E-state index contributed by atoms with van der Waals surface area (Å²) in [6.45, 7) is 7.21. The van der Waals surface area contributed by atoms with Crippen LogP contribution in [0.15, 0.2) is 18.2 Å². The Kier molecular flexibility index (Phi) is 4.53. The highest BCUT2D eigenvalue weighted by atomic mass is 35.5. The third-order valence-corrected chi connectivity index (χ3v) is 5.08. The lowest BCUT2D eigenvalue weighted by Crippen LogP contribution is -2.58. The Morgan fingerprint density at radius 1 is 1.38 bits per heavy atom. The van der Waals surface area contributed by atoms with Gasteiger partial charge in [-0.3, -0.25) is 4.90 Å². The Labute approximate surface area is 131 Å². The van der Waals surface area contributed by atoms with E-state index in [1.807, 2.05) is 6.07 Å². The first-order chi connectivity index (χ1) is 10.0. The highest BCUT2D eigenvalue weighted by molar-refractivity contribution is 6.30. The zero-order chi connectivity index (χ0) is 15.0. The minimum absolute atomic E-state index is 0.184. The van der Waals surface area contributed by atoms with Gasteiger partial charge in [0, 0.05) is 42.3 Å². The molecule has 21 heavy (non-hydrogen) atoms. The topological polar surface area (TPSA) is 15.3 Å². The van der Waals surface area contributed by atoms with E-state index in [0.717, 1.165) is 24.6 Å². The number of piperazine rings is 1. The molecule has 0 bridgehead atoms. The van der Waals surface area contributed by atoms with Crippen molar-refractivity contribution in [2.45, 2.75) is 45.3 Å². The van der Waals surface area contributed by atoms with E-state index in [1.54, 1.807) is 6.07 Å². The number of nitrogens with one attached hydrogen (secondary N) is 1. The Morgan fingerprint density at radius 2 is 2.14 bits per heavy atom. The number of hydrogen-bond donors (Lipinski definition) is 1. The molecule has 1 aromatic carbocycles. The minimum Gasteiger partial charge on any atom is -0.311 e. The molecule has 116 valence electrons. The van der Waals surface area contributed by atoms with Crippen molar-refractivity contribution in [3.8, 4) is 0 Å². The summed E-state index contributed by atoms with van der Waals surface area (Å²) in [6, 6.07) is 6.08. The molecule has 1 saturated heterocycles. The molecule has 3 rings (SSSR count). The van der Waals surface area contributed by atoms with Gasteiger partial charge in [0.2, 0.25) is 0 Å². The third kappa shape index (κ3) is 3.58. The van der Waals surface area contributed by atoms with E-state index < -0.39 is 0 Å². The van der Waals surface area contributed by atoms with Gasteiger partial charge in [0.15, 0.2) is 0 Å². The van der Waals surface area contributed by atoms with Crippen LogP contribution in [0.2, 0.25) is 5.02 Å². The largest absolute Gasteiger partial charge is 0.311 e. The molecular formula is C17H24ClFN2. The van der Waals surface area contributed by atoms with Crippen molar-refractivity contribution in [2.75, 3.05) is 13.1 Å². The molecule has 1 saturated carbocycles. The maximum atomic E-state index is 14.1. The van der Waals surface area contributed by atoms with Crippen LogP contribution in [-0.2, 0) is 6.54 Å². The van der Waals surface area contributed by atoms with Crippen molar-refractivity contribution >= 4 is 11.6 Å². The maximum absolute atomic E-state index is 14.1. The maximum Gasteiger partial charge on any atom is 0.129 e. The molecule has 1 N–H and O–H groups in total. The predicted molar refractivity (Wildman–Crippen MR) is 85.0 cm³/mol. The van der Waals surface area contributed by atoms with Gasteiger partial charge in [-0.05, 0) is 36.8 Å². The first-order valence-electron chi connectivity index (χ1n) is 7.96. The molecule has 1 heterocycles. The van der Waals surface area contributed by atoms with Gasteiger partial charge >= 0.3 is 0 Å². The highest BCUT2D eigenvalue weighted by Crippen LogP contribution is 2.37.